The van der Waals surface area contributed by atoms with E-state index < -0.39 is 0 Å². The van der Waals surface area contributed by atoms with E-state index in [1.165, 1.54) is 12.8 Å². The van der Waals surface area contributed by atoms with Gasteiger partial charge in [-0.05, 0) is 31.5 Å². The number of aliphatic hydroxyl groups excluding tert-OH is 1. The molecule has 0 saturated heterocycles. The summed E-state index contributed by atoms with van der Waals surface area (Å²) in [6.45, 7) is 5.24. The van der Waals surface area contributed by atoms with Gasteiger partial charge in [0.05, 0.1) is 10.7 Å². The number of pyridine rings is 1. The Morgan fingerprint density at radius 3 is 2.65 bits per heavy atom. The Morgan fingerprint density at radius 2 is 2.06 bits per heavy atom. The van der Waals surface area contributed by atoms with Crippen LogP contribution in [0.2, 0.25) is 5.02 Å². The van der Waals surface area contributed by atoms with Gasteiger partial charge in [-0.25, -0.2) is 0 Å². The van der Waals surface area contributed by atoms with E-state index in [0.29, 0.717) is 5.02 Å². The summed E-state index contributed by atoms with van der Waals surface area (Å²) in [5, 5.41) is 9.55. The lowest BCUT2D eigenvalue weighted by Crippen LogP contribution is -2.26. The summed E-state index contributed by atoms with van der Waals surface area (Å²) >= 11 is 5.81. The minimum absolute atomic E-state index is 0.247. The molecule has 17 heavy (non-hydrogen) atoms. The summed E-state index contributed by atoms with van der Waals surface area (Å²) in [4.78, 5) is 6.63. The molecule has 4 heteroatoms. The molecule has 0 radical (unpaired) electrons. The third-order valence-corrected chi connectivity index (χ3v) is 2.86. The van der Waals surface area contributed by atoms with Crippen LogP contribution >= 0.6 is 11.6 Å². The van der Waals surface area contributed by atoms with Crippen LogP contribution in [0.3, 0.4) is 0 Å². The first-order valence-corrected chi connectivity index (χ1v) is 6.57. The lowest BCUT2D eigenvalue weighted by Gasteiger charge is -2.21. The van der Waals surface area contributed by atoms with E-state index in [9.17, 15) is 0 Å². The molecule has 0 bridgehead atoms. The van der Waals surface area contributed by atoms with Crippen molar-refractivity contribution in [1.29, 1.82) is 0 Å². The number of hydrogen-bond acceptors (Lipinski definition) is 3. The van der Waals surface area contributed by atoms with Gasteiger partial charge in [0.15, 0.2) is 0 Å². The third kappa shape index (κ3) is 6.01. The molecule has 1 rings (SSSR count). The number of aromatic nitrogens is 1. The van der Waals surface area contributed by atoms with Crippen LogP contribution in [0, 0.1) is 0 Å². The maximum atomic E-state index is 8.88. The molecule has 0 amide bonds. The number of halogens is 1. The molecular weight excluding hydrogens is 236 g/mol. The molecular formula is C13H21ClN2O. The molecule has 1 heterocycles. The van der Waals surface area contributed by atoms with Crippen LogP contribution in [0.4, 0.5) is 0 Å². The van der Waals surface area contributed by atoms with Crippen molar-refractivity contribution in [3.05, 3.63) is 29.0 Å². The van der Waals surface area contributed by atoms with Gasteiger partial charge in [-0.15, -0.1) is 0 Å². The van der Waals surface area contributed by atoms with Gasteiger partial charge in [0, 0.05) is 25.9 Å². The fourth-order valence-corrected chi connectivity index (χ4v) is 1.79. The summed E-state index contributed by atoms with van der Waals surface area (Å²) in [7, 11) is 0. The van der Waals surface area contributed by atoms with E-state index in [2.05, 4.69) is 16.8 Å². The number of unbranched alkanes of at least 4 members (excludes halogenated alkanes) is 1. The summed E-state index contributed by atoms with van der Waals surface area (Å²) in [5.41, 5.74) is 1.03. The van der Waals surface area contributed by atoms with Crippen LogP contribution in [0.25, 0.3) is 0 Å². The summed E-state index contributed by atoms with van der Waals surface area (Å²) in [6.07, 6.45) is 4.86. The van der Waals surface area contributed by atoms with Crippen molar-refractivity contribution in [1.82, 2.24) is 9.88 Å². The molecule has 0 fully saturated rings. The van der Waals surface area contributed by atoms with Gasteiger partial charge in [-0.3, -0.25) is 9.88 Å². The maximum Gasteiger partial charge on any atom is 0.0589 e. The lowest BCUT2D eigenvalue weighted by atomic mass is 10.2. The highest BCUT2D eigenvalue weighted by atomic mass is 35.5. The zero-order valence-electron chi connectivity index (χ0n) is 10.4. The average Bonchev–Trinajstić information content (AvgIpc) is 2.35. The van der Waals surface area contributed by atoms with Crippen LogP contribution in [0.1, 0.15) is 31.9 Å². The first-order valence-electron chi connectivity index (χ1n) is 6.20. The zero-order chi connectivity index (χ0) is 12.5. The summed E-state index contributed by atoms with van der Waals surface area (Å²) in [5.74, 6) is 0. The standard InChI is InChI=1S/C13H21ClN2O/c1-2-3-7-16(8-4-9-17)11-13-6-5-12(14)10-15-13/h5-6,10,17H,2-4,7-9,11H2,1H3. The van der Waals surface area contributed by atoms with Crippen LogP contribution < -0.4 is 0 Å². The predicted octanol–water partition coefficient (Wildman–Crippen LogP) is 2.72. The van der Waals surface area contributed by atoms with Crippen molar-refractivity contribution >= 4 is 11.6 Å². The van der Waals surface area contributed by atoms with E-state index in [-0.39, 0.29) is 6.61 Å². The van der Waals surface area contributed by atoms with Crippen molar-refractivity contribution in [2.45, 2.75) is 32.7 Å². The molecule has 1 N–H and O–H groups in total. The molecule has 0 aromatic carbocycles. The Labute approximate surface area is 108 Å². The second-order valence-corrected chi connectivity index (χ2v) is 4.61. The number of rotatable bonds is 8. The first kappa shape index (κ1) is 14.4. The summed E-state index contributed by atoms with van der Waals surface area (Å²) in [6, 6.07) is 3.83. The molecule has 0 spiro atoms. The number of nitrogens with zero attached hydrogens (tertiary/aromatic N) is 2. The Kier molecular flexibility index (Phi) is 7.17. The van der Waals surface area contributed by atoms with Gasteiger partial charge in [0.1, 0.15) is 0 Å². The van der Waals surface area contributed by atoms with Gasteiger partial charge in [0.2, 0.25) is 0 Å². The third-order valence-electron chi connectivity index (χ3n) is 2.63. The van der Waals surface area contributed by atoms with E-state index in [4.69, 9.17) is 16.7 Å². The zero-order valence-corrected chi connectivity index (χ0v) is 11.2. The van der Waals surface area contributed by atoms with E-state index >= 15 is 0 Å². The minimum Gasteiger partial charge on any atom is -0.396 e. The molecule has 96 valence electrons. The second kappa shape index (κ2) is 8.45. The lowest BCUT2D eigenvalue weighted by molar-refractivity contribution is 0.214. The monoisotopic (exact) mass is 256 g/mol. The average molecular weight is 257 g/mol. The Balaban J connectivity index is 2.48. The molecule has 0 aliphatic heterocycles. The normalized spacial score (nSPS) is 11.1. The molecule has 1 aromatic rings. The SMILES string of the molecule is CCCCN(CCCO)Cc1ccc(Cl)cn1. The van der Waals surface area contributed by atoms with Crippen LogP contribution in [-0.4, -0.2) is 34.7 Å². The molecule has 0 unspecified atom stereocenters. The maximum absolute atomic E-state index is 8.88. The number of hydrogen-bond donors (Lipinski definition) is 1. The quantitative estimate of drug-likeness (QED) is 0.777. The summed E-state index contributed by atoms with van der Waals surface area (Å²) < 4.78 is 0. The molecule has 3 nitrogen and oxygen atoms in total. The fraction of sp³-hybridized carbons (Fsp3) is 0.615. The van der Waals surface area contributed by atoms with Gasteiger partial charge in [-0.1, -0.05) is 24.9 Å². The van der Waals surface area contributed by atoms with E-state index in [0.717, 1.165) is 31.7 Å². The van der Waals surface area contributed by atoms with Crippen molar-refractivity contribution < 1.29 is 5.11 Å². The van der Waals surface area contributed by atoms with E-state index in [1.54, 1.807) is 6.20 Å². The van der Waals surface area contributed by atoms with Crippen molar-refractivity contribution in [2.75, 3.05) is 19.7 Å². The highest BCUT2D eigenvalue weighted by Crippen LogP contribution is 2.09. The van der Waals surface area contributed by atoms with Gasteiger partial charge >= 0.3 is 0 Å². The first-order chi connectivity index (χ1) is 8.26. The van der Waals surface area contributed by atoms with Gasteiger partial charge in [0.25, 0.3) is 0 Å². The van der Waals surface area contributed by atoms with Crippen LogP contribution in [-0.2, 0) is 6.54 Å². The van der Waals surface area contributed by atoms with Gasteiger partial charge < -0.3 is 5.11 Å². The Morgan fingerprint density at radius 1 is 1.29 bits per heavy atom. The molecule has 0 aliphatic carbocycles. The highest BCUT2D eigenvalue weighted by molar-refractivity contribution is 6.30. The predicted molar refractivity (Wildman–Crippen MR) is 71.1 cm³/mol. The molecule has 0 saturated carbocycles. The van der Waals surface area contributed by atoms with Crippen molar-refractivity contribution in [3.8, 4) is 0 Å². The fourth-order valence-electron chi connectivity index (χ4n) is 1.68. The van der Waals surface area contributed by atoms with Crippen LogP contribution in [0.15, 0.2) is 18.3 Å². The number of aliphatic hydroxyl groups is 1. The van der Waals surface area contributed by atoms with Crippen LogP contribution in [0.5, 0.6) is 0 Å². The Bertz CT molecular complexity index is 295. The molecule has 0 aliphatic rings. The molecule has 1 aromatic heterocycles. The minimum atomic E-state index is 0.247. The van der Waals surface area contributed by atoms with E-state index in [1.807, 2.05) is 12.1 Å². The van der Waals surface area contributed by atoms with Gasteiger partial charge in [-0.2, -0.15) is 0 Å². The van der Waals surface area contributed by atoms with Crippen molar-refractivity contribution in [3.63, 3.8) is 0 Å². The van der Waals surface area contributed by atoms with Crippen molar-refractivity contribution in [2.24, 2.45) is 0 Å². The molecule has 0 atom stereocenters. The second-order valence-electron chi connectivity index (χ2n) is 4.17. The smallest absolute Gasteiger partial charge is 0.0589 e. The largest absolute Gasteiger partial charge is 0.396 e. The Hall–Kier alpha value is -0.640. The topological polar surface area (TPSA) is 36.4 Å². The highest BCUT2D eigenvalue weighted by Gasteiger charge is 2.06.